The molecule has 2 N–H and O–H groups in total. The Hall–Kier alpha value is -2.56. The van der Waals surface area contributed by atoms with Crippen molar-refractivity contribution in [3.63, 3.8) is 0 Å². The summed E-state index contributed by atoms with van der Waals surface area (Å²) in [5, 5.41) is 10.8. The highest BCUT2D eigenvalue weighted by atomic mass is 16.5. The van der Waals surface area contributed by atoms with Crippen LogP contribution in [0.1, 0.15) is 13.8 Å². The second-order valence-corrected chi connectivity index (χ2v) is 2.04. The first kappa shape index (κ1) is 20.8. The molecule has 100 valence electrons. The van der Waals surface area contributed by atoms with Crippen LogP contribution in [0.5, 0.6) is 0 Å². The van der Waals surface area contributed by atoms with Crippen molar-refractivity contribution in [1.82, 2.24) is 0 Å². The van der Waals surface area contributed by atoms with E-state index in [2.05, 4.69) is 9.47 Å². The highest BCUT2D eigenvalue weighted by Gasteiger charge is 1.97. The Morgan fingerprint density at radius 3 is 1.33 bits per heavy atom. The molecule has 0 aromatic heterocycles. The van der Waals surface area contributed by atoms with Crippen molar-refractivity contribution in [2.45, 2.75) is 13.8 Å². The van der Waals surface area contributed by atoms with Crippen molar-refractivity contribution < 1.29 is 28.7 Å². The van der Waals surface area contributed by atoms with Gasteiger partial charge in [0, 0.05) is 12.2 Å². The molecule has 0 aliphatic heterocycles. The van der Waals surface area contributed by atoms with Gasteiger partial charge in [-0.2, -0.15) is 0 Å². The van der Waals surface area contributed by atoms with Crippen molar-refractivity contribution >= 4 is 24.1 Å². The number of ether oxygens (including phenoxy) is 2. The van der Waals surface area contributed by atoms with Crippen LogP contribution < -0.4 is 0 Å². The number of nitrogens with one attached hydrogen (secondary N) is 2. The van der Waals surface area contributed by atoms with Crippen LogP contribution in [0, 0.1) is 10.8 Å². The third-order valence-electron chi connectivity index (χ3n) is 0.929. The lowest BCUT2D eigenvalue weighted by Crippen LogP contribution is -2.03. The van der Waals surface area contributed by atoms with E-state index in [1.807, 2.05) is 0 Å². The number of esters is 2. The third-order valence-corrected chi connectivity index (χ3v) is 0.929. The van der Waals surface area contributed by atoms with Crippen molar-refractivity contribution in [3.8, 4) is 0 Å². The molecule has 0 saturated carbocycles. The van der Waals surface area contributed by atoms with Gasteiger partial charge < -0.3 is 9.47 Å². The van der Waals surface area contributed by atoms with Gasteiger partial charge in [-0.1, -0.05) is 0 Å². The number of hydrogen-bond acceptors (Lipinski definition) is 8. The van der Waals surface area contributed by atoms with Crippen LogP contribution >= 0.6 is 0 Å². The van der Waals surface area contributed by atoms with Gasteiger partial charge in [0.2, 0.25) is 12.2 Å². The Morgan fingerprint density at radius 2 is 1.17 bits per heavy atom. The summed E-state index contributed by atoms with van der Waals surface area (Å²) in [6.07, 6.45) is 3.59. The quantitative estimate of drug-likeness (QED) is 0.325. The van der Waals surface area contributed by atoms with Crippen molar-refractivity contribution in [3.05, 3.63) is 12.2 Å². The van der Waals surface area contributed by atoms with Gasteiger partial charge >= 0.3 is 11.9 Å². The number of carbonyl (C=O) groups excluding carboxylic acids is 4. The standard InChI is InChI=1S/C8H12O4.2CHNO/c1-3-11-7(9)5-6-8(10)12-4-2;2*2-1-3/h5-6H,3-4H2,1-2H3;2*2H. The summed E-state index contributed by atoms with van der Waals surface area (Å²) >= 11 is 0. The minimum atomic E-state index is -0.537. The first-order valence-electron chi connectivity index (χ1n) is 4.63. The highest BCUT2D eigenvalue weighted by Crippen LogP contribution is 1.84. The maximum Gasteiger partial charge on any atom is 0.330 e. The number of hydrogen-bond donors (Lipinski definition) is 2. The fourth-order valence-corrected chi connectivity index (χ4v) is 0.517. The Balaban J connectivity index is -0.000000315. The van der Waals surface area contributed by atoms with Gasteiger partial charge in [0.25, 0.3) is 0 Å². The Morgan fingerprint density at radius 1 is 0.944 bits per heavy atom. The molecule has 0 atom stereocenters. The van der Waals surface area contributed by atoms with Crippen molar-refractivity contribution in [1.29, 1.82) is 10.8 Å². The molecule has 0 bridgehead atoms. The fourth-order valence-electron chi connectivity index (χ4n) is 0.517. The molecule has 0 saturated heterocycles. The summed E-state index contributed by atoms with van der Waals surface area (Å²) in [6.45, 7) is 3.98. The summed E-state index contributed by atoms with van der Waals surface area (Å²) in [6, 6.07) is 0. The van der Waals surface area contributed by atoms with E-state index in [1.54, 1.807) is 13.8 Å². The van der Waals surface area contributed by atoms with E-state index in [0.717, 1.165) is 24.3 Å². The maximum atomic E-state index is 10.6. The van der Waals surface area contributed by atoms with E-state index in [-0.39, 0.29) is 0 Å². The molecule has 8 nitrogen and oxygen atoms in total. The van der Waals surface area contributed by atoms with Gasteiger partial charge in [-0.15, -0.1) is 0 Å². The molecule has 0 amide bonds. The molecule has 0 fully saturated rings. The number of isocyanates is 2. The number of carbonyl (C=O) groups is 2. The molecule has 8 heteroatoms. The minimum absolute atomic E-state index is 0.298. The predicted molar refractivity (Wildman–Crippen MR) is 59.2 cm³/mol. The van der Waals surface area contributed by atoms with Crippen LogP contribution in [-0.4, -0.2) is 37.3 Å². The van der Waals surface area contributed by atoms with Crippen LogP contribution in [0.2, 0.25) is 0 Å². The van der Waals surface area contributed by atoms with Gasteiger partial charge in [-0.05, 0) is 13.8 Å². The summed E-state index contributed by atoms with van der Waals surface area (Å²) in [7, 11) is 0. The lowest BCUT2D eigenvalue weighted by atomic mass is 10.5. The van der Waals surface area contributed by atoms with Crippen LogP contribution in [0.4, 0.5) is 0 Å². The third kappa shape index (κ3) is 29.2. The Labute approximate surface area is 104 Å². The average molecular weight is 258 g/mol. The van der Waals surface area contributed by atoms with E-state index < -0.39 is 11.9 Å². The van der Waals surface area contributed by atoms with E-state index in [4.69, 9.17) is 20.4 Å². The molecular weight excluding hydrogens is 244 g/mol. The minimum Gasteiger partial charge on any atom is -0.463 e. The van der Waals surface area contributed by atoms with Gasteiger partial charge in [-0.25, -0.2) is 30.0 Å². The predicted octanol–water partition coefficient (Wildman–Crippen LogP) is 0.471. The van der Waals surface area contributed by atoms with E-state index in [9.17, 15) is 9.59 Å². The molecular formula is C10H14N2O6. The molecule has 0 rings (SSSR count). The molecule has 0 unspecified atom stereocenters. The molecule has 0 spiro atoms. The normalized spacial score (nSPS) is 7.44. The summed E-state index contributed by atoms with van der Waals surface area (Å²) in [4.78, 5) is 38.0. The summed E-state index contributed by atoms with van der Waals surface area (Å²) in [5.41, 5.74) is 0. The van der Waals surface area contributed by atoms with Gasteiger partial charge in [0.1, 0.15) is 0 Å². The number of rotatable bonds is 4. The monoisotopic (exact) mass is 258 g/mol. The highest BCUT2D eigenvalue weighted by molar-refractivity contribution is 5.91. The maximum absolute atomic E-state index is 10.6. The smallest absolute Gasteiger partial charge is 0.330 e. The molecule has 0 heterocycles. The zero-order valence-corrected chi connectivity index (χ0v) is 10.0. The lowest BCUT2D eigenvalue weighted by Gasteiger charge is -1.95. The second-order valence-electron chi connectivity index (χ2n) is 2.04. The zero-order valence-electron chi connectivity index (χ0n) is 10.0. The van der Waals surface area contributed by atoms with E-state index >= 15 is 0 Å². The topological polar surface area (TPSA) is 134 Å². The van der Waals surface area contributed by atoms with Crippen LogP contribution in [0.3, 0.4) is 0 Å². The van der Waals surface area contributed by atoms with Crippen molar-refractivity contribution in [2.24, 2.45) is 0 Å². The average Bonchev–Trinajstić information content (AvgIpc) is 2.29. The van der Waals surface area contributed by atoms with Gasteiger partial charge in [0.15, 0.2) is 0 Å². The van der Waals surface area contributed by atoms with Crippen LogP contribution in [0.15, 0.2) is 12.2 Å². The van der Waals surface area contributed by atoms with E-state index in [1.165, 1.54) is 0 Å². The molecule has 0 aromatic rings. The van der Waals surface area contributed by atoms with Crippen LogP contribution in [-0.2, 0) is 28.7 Å². The Kier molecular flexibility index (Phi) is 23.0. The first-order chi connectivity index (χ1) is 8.53. The second kappa shape index (κ2) is 19.9. The molecule has 0 aliphatic rings. The summed E-state index contributed by atoms with van der Waals surface area (Å²) in [5.74, 6) is -1.07. The SMILES string of the molecule is CCOC(=O)C=CC(=O)OCC.N=C=O.N=C=O. The van der Waals surface area contributed by atoms with Gasteiger partial charge in [-0.3, -0.25) is 0 Å². The Bertz CT molecular complexity index is 293. The lowest BCUT2D eigenvalue weighted by molar-refractivity contribution is -0.140. The fraction of sp³-hybridized carbons (Fsp3) is 0.400. The molecule has 0 radical (unpaired) electrons. The van der Waals surface area contributed by atoms with Gasteiger partial charge in [0.05, 0.1) is 13.2 Å². The van der Waals surface area contributed by atoms with Crippen molar-refractivity contribution in [2.75, 3.05) is 13.2 Å². The first-order valence-corrected chi connectivity index (χ1v) is 4.63. The zero-order chi connectivity index (χ0) is 14.8. The molecule has 0 aliphatic carbocycles. The van der Waals surface area contributed by atoms with E-state index in [0.29, 0.717) is 13.2 Å². The summed E-state index contributed by atoms with van der Waals surface area (Å²) < 4.78 is 9.07. The molecule has 0 aromatic carbocycles. The largest absolute Gasteiger partial charge is 0.463 e. The van der Waals surface area contributed by atoms with Crippen LogP contribution in [0.25, 0.3) is 0 Å². The molecule has 18 heavy (non-hydrogen) atoms.